The smallest absolute Gasteiger partial charge is 0.345 e. The maximum Gasteiger partial charge on any atom is 0.345 e. The van der Waals surface area contributed by atoms with Gasteiger partial charge in [0.15, 0.2) is 12.7 Å². The van der Waals surface area contributed by atoms with E-state index in [9.17, 15) is 9.59 Å². The molecule has 0 bridgehead atoms. The maximum atomic E-state index is 13.3. The van der Waals surface area contributed by atoms with Gasteiger partial charge < -0.3 is 14.5 Å². The highest BCUT2D eigenvalue weighted by atomic mass is 35.5. The number of benzene rings is 3. The number of carbonyl (C=O) groups excluding carboxylic acids is 2. The fraction of sp³-hybridized carbons (Fsp3) is 0.0833. The zero-order chi connectivity index (χ0) is 20.9. The number of ether oxygens (including phenoxy) is 2. The molecular formula is C24H18ClNO4. The van der Waals surface area contributed by atoms with E-state index in [1.54, 1.807) is 54.7 Å². The lowest BCUT2D eigenvalue weighted by molar-refractivity contribution is -0.149. The first-order valence-corrected chi connectivity index (χ1v) is 9.73. The first-order valence-electron chi connectivity index (χ1n) is 9.35. The second-order valence-corrected chi connectivity index (χ2v) is 7.07. The molecule has 150 valence electrons. The average molecular weight is 420 g/mol. The molecule has 4 rings (SSSR count). The maximum absolute atomic E-state index is 13.3. The summed E-state index contributed by atoms with van der Waals surface area (Å²) >= 11 is 5.85. The molecule has 0 aliphatic rings. The van der Waals surface area contributed by atoms with Crippen LogP contribution in [-0.2, 0) is 9.53 Å². The third-order valence-corrected chi connectivity index (χ3v) is 4.87. The monoisotopic (exact) mass is 419 g/mol. The summed E-state index contributed by atoms with van der Waals surface area (Å²) in [5.41, 5.74) is 1.89. The number of rotatable bonds is 7. The predicted octanol–water partition coefficient (Wildman–Crippen LogP) is 5.37. The molecule has 1 N–H and O–H groups in total. The molecule has 0 fully saturated rings. The molecule has 4 aromatic rings. The van der Waals surface area contributed by atoms with Crippen LogP contribution in [0.25, 0.3) is 10.9 Å². The highest BCUT2D eigenvalue weighted by Gasteiger charge is 2.28. The van der Waals surface area contributed by atoms with E-state index < -0.39 is 12.1 Å². The van der Waals surface area contributed by atoms with Crippen molar-refractivity contribution in [2.75, 3.05) is 6.61 Å². The minimum Gasteiger partial charge on any atom is -0.482 e. The number of esters is 1. The minimum atomic E-state index is -1.08. The van der Waals surface area contributed by atoms with Crippen LogP contribution in [0.3, 0.4) is 0 Å². The number of para-hydroxylation sites is 1. The topological polar surface area (TPSA) is 68.4 Å². The molecule has 0 aliphatic heterocycles. The third kappa shape index (κ3) is 4.36. The second kappa shape index (κ2) is 8.84. The minimum absolute atomic E-state index is 0.307. The van der Waals surface area contributed by atoms with Crippen LogP contribution < -0.4 is 4.74 Å². The summed E-state index contributed by atoms with van der Waals surface area (Å²) in [4.78, 5) is 28.9. The van der Waals surface area contributed by atoms with Crippen molar-refractivity contribution in [1.82, 2.24) is 4.98 Å². The van der Waals surface area contributed by atoms with Gasteiger partial charge in [-0.2, -0.15) is 0 Å². The molecule has 0 saturated heterocycles. The molecule has 1 heterocycles. The number of aromatic amines is 1. The van der Waals surface area contributed by atoms with Crippen LogP contribution in [0, 0.1) is 0 Å². The summed E-state index contributed by atoms with van der Waals surface area (Å²) in [6.45, 7) is -0.327. The Labute approximate surface area is 178 Å². The summed E-state index contributed by atoms with van der Waals surface area (Å²) in [6.07, 6.45) is 0.563. The highest BCUT2D eigenvalue weighted by molar-refractivity contribution is 6.30. The quantitative estimate of drug-likeness (QED) is 0.323. The molecule has 0 spiro atoms. The van der Waals surface area contributed by atoms with E-state index in [4.69, 9.17) is 21.1 Å². The van der Waals surface area contributed by atoms with Crippen LogP contribution >= 0.6 is 11.6 Å². The summed E-state index contributed by atoms with van der Waals surface area (Å²) in [6, 6.07) is 23.0. The van der Waals surface area contributed by atoms with Crippen LogP contribution in [0.15, 0.2) is 85.1 Å². The van der Waals surface area contributed by atoms with Crippen molar-refractivity contribution in [1.29, 1.82) is 0 Å². The molecule has 0 amide bonds. The number of hydrogen-bond acceptors (Lipinski definition) is 4. The van der Waals surface area contributed by atoms with Gasteiger partial charge in [0.2, 0.25) is 5.78 Å². The van der Waals surface area contributed by atoms with E-state index >= 15 is 0 Å². The van der Waals surface area contributed by atoms with Gasteiger partial charge in [-0.15, -0.1) is 0 Å². The van der Waals surface area contributed by atoms with E-state index in [0.717, 1.165) is 10.9 Å². The molecule has 6 heteroatoms. The summed E-state index contributed by atoms with van der Waals surface area (Å²) in [7, 11) is 0. The van der Waals surface area contributed by atoms with E-state index in [2.05, 4.69) is 4.98 Å². The molecule has 0 radical (unpaired) electrons. The van der Waals surface area contributed by atoms with Crippen LogP contribution in [0.5, 0.6) is 5.75 Å². The Morgan fingerprint density at radius 3 is 2.37 bits per heavy atom. The van der Waals surface area contributed by atoms with Crippen molar-refractivity contribution < 1.29 is 19.1 Å². The van der Waals surface area contributed by atoms with Gasteiger partial charge in [0, 0.05) is 33.2 Å². The molecule has 1 aromatic heterocycles. The molecule has 3 aromatic carbocycles. The first-order chi connectivity index (χ1) is 14.6. The number of H-pyrrole nitrogens is 1. The van der Waals surface area contributed by atoms with Gasteiger partial charge in [0.25, 0.3) is 0 Å². The molecule has 1 unspecified atom stereocenters. The van der Waals surface area contributed by atoms with Crippen LogP contribution in [-0.4, -0.2) is 23.3 Å². The Balaban J connectivity index is 1.55. The van der Waals surface area contributed by atoms with Gasteiger partial charge in [-0.25, -0.2) is 4.79 Å². The zero-order valence-electron chi connectivity index (χ0n) is 15.9. The summed E-state index contributed by atoms with van der Waals surface area (Å²) in [5.74, 6) is -0.471. The van der Waals surface area contributed by atoms with Crippen molar-refractivity contribution in [3.63, 3.8) is 0 Å². The van der Waals surface area contributed by atoms with Gasteiger partial charge >= 0.3 is 5.97 Å². The lowest BCUT2D eigenvalue weighted by Gasteiger charge is -2.17. The van der Waals surface area contributed by atoms with Crippen molar-refractivity contribution in [2.24, 2.45) is 0 Å². The molecule has 5 nitrogen and oxygen atoms in total. The van der Waals surface area contributed by atoms with Gasteiger partial charge in [0.1, 0.15) is 5.75 Å². The lowest BCUT2D eigenvalue weighted by Crippen LogP contribution is -2.23. The number of aromatic nitrogens is 1. The number of Topliss-reactive ketones (excluding diaryl/α,β-unsaturated/α-hetero) is 1. The Morgan fingerprint density at radius 2 is 1.60 bits per heavy atom. The van der Waals surface area contributed by atoms with Crippen molar-refractivity contribution in [3.8, 4) is 5.75 Å². The van der Waals surface area contributed by atoms with E-state index in [1.165, 1.54) is 0 Å². The van der Waals surface area contributed by atoms with Gasteiger partial charge in [-0.05, 0) is 30.3 Å². The van der Waals surface area contributed by atoms with E-state index in [1.807, 2.05) is 30.3 Å². The fourth-order valence-corrected chi connectivity index (χ4v) is 3.28. The average Bonchev–Trinajstić information content (AvgIpc) is 3.21. The second-order valence-electron chi connectivity index (χ2n) is 6.64. The normalized spacial score (nSPS) is 11.8. The molecule has 30 heavy (non-hydrogen) atoms. The number of ketones is 1. The summed E-state index contributed by atoms with van der Waals surface area (Å²) < 4.78 is 11.0. The van der Waals surface area contributed by atoms with Gasteiger partial charge in [0.05, 0.1) is 0 Å². The zero-order valence-corrected chi connectivity index (χ0v) is 16.6. The standard InChI is InChI=1S/C24H18ClNO4/c25-17-10-12-18(13-11-17)29-15-22(27)30-24(16-6-2-1-3-7-16)23(28)20-14-26-21-9-5-4-8-19(20)21/h1-14,24,26H,15H2. The SMILES string of the molecule is O=C(COc1ccc(Cl)cc1)OC(C(=O)c1c[nH]c2ccccc12)c1ccccc1. The lowest BCUT2D eigenvalue weighted by atomic mass is 9.99. The Morgan fingerprint density at radius 1 is 0.900 bits per heavy atom. The predicted molar refractivity (Wildman–Crippen MR) is 115 cm³/mol. The molecule has 1 atom stereocenters. The number of carbonyl (C=O) groups is 2. The van der Waals surface area contributed by atoms with Crippen LogP contribution in [0.1, 0.15) is 22.0 Å². The van der Waals surface area contributed by atoms with E-state index in [0.29, 0.717) is 21.9 Å². The molecular weight excluding hydrogens is 402 g/mol. The van der Waals surface area contributed by atoms with Crippen molar-refractivity contribution >= 4 is 34.3 Å². The third-order valence-electron chi connectivity index (χ3n) is 4.61. The van der Waals surface area contributed by atoms with Crippen LogP contribution in [0.4, 0.5) is 0 Å². The number of halogens is 1. The van der Waals surface area contributed by atoms with Crippen molar-refractivity contribution in [2.45, 2.75) is 6.10 Å². The number of nitrogens with one attached hydrogen (secondary N) is 1. The number of hydrogen-bond donors (Lipinski definition) is 1. The number of fused-ring (bicyclic) bond motifs is 1. The largest absolute Gasteiger partial charge is 0.482 e. The van der Waals surface area contributed by atoms with Crippen LogP contribution in [0.2, 0.25) is 5.02 Å². The molecule has 0 aliphatic carbocycles. The van der Waals surface area contributed by atoms with Gasteiger partial charge in [-0.1, -0.05) is 60.1 Å². The van der Waals surface area contributed by atoms with E-state index in [-0.39, 0.29) is 12.4 Å². The summed E-state index contributed by atoms with van der Waals surface area (Å²) in [5, 5.41) is 1.34. The Hall–Kier alpha value is -3.57. The highest BCUT2D eigenvalue weighted by Crippen LogP contribution is 2.27. The Kier molecular flexibility index (Phi) is 5.82. The molecule has 0 saturated carbocycles. The first kappa shape index (κ1) is 19.7. The van der Waals surface area contributed by atoms with Gasteiger partial charge in [-0.3, -0.25) is 4.79 Å². The fourth-order valence-electron chi connectivity index (χ4n) is 3.16. The van der Waals surface area contributed by atoms with Crippen molar-refractivity contribution in [3.05, 3.63) is 101 Å². The Bertz CT molecular complexity index is 1170.